The van der Waals surface area contributed by atoms with Crippen molar-refractivity contribution in [2.24, 2.45) is 5.92 Å². The maximum absolute atomic E-state index is 11.9. The predicted octanol–water partition coefficient (Wildman–Crippen LogP) is 4.28. The van der Waals surface area contributed by atoms with Crippen LogP contribution >= 0.6 is 22.9 Å². The van der Waals surface area contributed by atoms with Crippen LogP contribution < -0.4 is 10.6 Å². The fraction of sp³-hybridized carbons (Fsp3) is 0.706. The van der Waals surface area contributed by atoms with Crippen LogP contribution in [0.4, 0.5) is 4.79 Å². The van der Waals surface area contributed by atoms with E-state index < -0.39 is 5.60 Å². The van der Waals surface area contributed by atoms with E-state index in [0.717, 1.165) is 17.2 Å². The fourth-order valence-corrected chi connectivity index (χ4v) is 4.49. The molecule has 1 saturated carbocycles. The average molecular weight is 357 g/mol. The predicted molar refractivity (Wildman–Crippen MR) is 94.3 cm³/mol. The van der Waals surface area contributed by atoms with Crippen LogP contribution in [-0.2, 0) is 11.2 Å². The molecule has 1 aromatic heterocycles. The Hall–Kier alpha value is -0.780. The van der Waals surface area contributed by atoms with E-state index in [9.17, 15) is 4.79 Å². The number of halogens is 1. The molecule has 1 fully saturated rings. The molecule has 0 bridgehead atoms. The van der Waals surface area contributed by atoms with E-state index in [1.165, 1.54) is 23.3 Å². The molecule has 2 N–H and O–H groups in total. The number of thiophene rings is 1. The Bertz CT molecular complexity index is 578. The van der Waals surface area contributed by atoms with Crippen LogP contribution in [0.25, 0.3) is 0 Å². The monoisotopic (exact) mass is 356 g/mol. The van der Waals surface area contributed by atoms with Gasteiger partial charge in [0.2, 0.25) is 0 Å². The number of aryl methyl sites for hydroxylation is 1. The topological polar surface area (TPSA) is 50.4 Å². The smallest absolute Gasteiger partial charge is 0.407 e. The van der Waals surface area contributed by atoms with Gasteiger partial charge in [-0.15, -0.1) is 11.3 Å². The van der Waals surface area contributed by atoms with Gasteiger partial charge in [-0.05, 0) is 64.0 Å². The summed E-state index contributed by atoms with van der Waals surface area (Å²) < 4.78 is 6.20. The lowest BCUT2D eigenvalue weighted by Gasteiger charge is -2.25. The largest absolute Gasteiger partial charge is 0.444 e. The highest BCUT2D eigenvalue weighted by atomic mass is 35.5. The standard InChI is InChI=1S/C17H25ClN2O2S/c1-17(2,3)22-16(21)19-9-13(10-4-5-10)20-12-6-7-14-11(12)8-15(18)23-14/h8,10,12-13,20H,4-7,9H2,1-3H3,(H,19,21). The number of carbonyl (C=O) groups excluding carboxylic acids is 1. The molecule has 128 valence electrons. The zero-order chi connectivity index (χ0) is 16.6. The van der Waals surface area contributed by atoms with Crippen molar-refractivity contribution < 1.29 is 9.53 Å². The van der Waals surface area contributed by atoms with Crippen molar-refractivity contribution in [3.63, 3.8) is 0 Å². The number of amides is 1. The third-order valence-electron chi connectivity index (χ3n) is 4.32. The molecule has 1 heterocycles. The van der Waals surface area contributed by atoms with Crippen LogP contribution in [0.15, 0.2) is 6.07 Å². The molecule has 0 radical (unpaired) electrons. The molecule has 2 aliphatic carbocycles. The molecule has 1 amide bonds. The van der Waals surface area contributed by atoms with Gasteiger partial charge in [0.15, 0.2) is 0 Å². The highest BCUT2D eigenvalue weighted by Gasteiger charge is 2.35. The second-order valence-electron chi connectivity index (χ2n) is 7.51. The van der Waals surface area contributed by atoms with Crippen molar-refractivity contribution in [1.82, 2.24) is 10.6 Å². The highest BCUT2D eigenvalue weighted by molar-refractivity contribution is 7.16. The van der Waals surface area contributed by atoms with E-state index in [1.807, 2.05) is 20.8 Å². The molecular formula is C17H25ClN2O2S. The van der Waals surface area contributed by atoms with Gasteiger partial charge in [0, 0.05) is 23.5 Å². The van der Waals surface area contributed by atoms with Gasteiger partial charge in [0.05, 0.1) is 4.34 Å². The SMILES string of the molecule is CC(C)(C)OC(=O)NCC(NC1CCc2sc(Cl)cc21)C1CC1. The number of rotatable bonds is 5. The molecule has 0 spiro atoms. The quantitative estimate of drug-likeness (QED) is 0.827. The summed E-state index contributed by atoms with van der Waals surface area (Å²) in [5.74, 6) is 0.656. The summed E-state index contributed by atoms with van der Waals surface area (Å²) >= 11 is 7.83. The number of fused-ring (bicyclic) bond motifs is 1. The summed E-state index contributed by atoms with van der Waals surface area (Å²) in [6.45, 7) is 6.25. The van der Waals surface area contributed by atoms with Crippen LogP contribution in [0.1, 0.15) is 56.5 Å². The van der Waals surface area contributed by atoms with Gasteiger partial charge in [0.25, 0.3) is 0 Å². The Morgan fingerprint density at radius 1 is 1.43 bits per heavy atom. The van der Waals surface area contributed by atoms with Gasteiger partial charge in [-0.1, -0.05) is 11.6 Å². The molecule has 3 rings (SSSR count). The molecule has 6 heteroatoms. The van der Waals surface area contributed by atoms with E-state index in [0.29, 0.717) is 24.5 Å². The maximum atomic E-state index is 11.9. The number of hydrogen-bond acceptors (Lipinski definition) is 4. The molecule has 0 aliphatic heterocycles. The lowest BCUT2D eigenvalue weighted by Crippen LogP contribution is -2.44. The van der Waals surface area contributed by atoms with Crippen molar-refractivity contribution in [2.75, 3.05) is 6.54 Å². The first-order valence-electron chi connectivity index (χ1n) is 8.33. The van der Waals surface area contributed by atoms with Gasteiger partial charge in [-0.3, -0.25) is 0 Å². The Kier molecular flexibility index (Phi) is 4.90. The first-order valence-corrected chi connectivity index (χ1v) is 9.52. The molecule has 2 atom stereocenters. The number of carbonyl (C=O) groups is 1. The molecule has 0 aromatic carbocycles. The Morgan fingerprint density at radius 2 is 2.17 bits per heavy atom. The Morgan fingerprint density at radius 3 is 2.83 bits per heavy atom. The summed E-state index contributed by atoms with van der Waals surface area (Å²) in [5.41, 5.74) is 0.892. The third kappa shape index (κ3) is 4.61. The van der Waals surface area contributed by atoms with E-state index in [-0.39, 0.29) is 6.09 Å². The second kappa shape index (κ2) is 6.61. The zero-order valence-corrected chi connectivity index (χ0v) is 15.5. The number of nitrogens with one attached hydrogen (secondary N) is 2. The lowest BCUT2D eigenvalue weighted by molar-refractivity contribution is 0.0520. The van der Waals surface area contributed by atoms with Crippen LogP contribution in [0.2, 0.25) is 4.34 Å². The van der Waals surface area contributed by atoms with Crippen LogP contribution in [0, 0.1) is 5.92 Å². The van der Waals surface area contributed by atoms with Gasteiger partial charge < -0.3 is 15.4 Å². The van der Waals surface area contributed by atoms with E-state index in [1.54, 1.807) is 11.3 Å². The summed E-state index contributed by atoms with van der Waals surface area (Å²) in [6, 6.07) is 2.76. The van der Waals surface area contributed by atoms with Crippen molar-refractivity contribution in [3.05, 3.63) is 20.8 Å². The van der Waals surface area contributed by atoms with Gasteiger partial charge in [-0.2, -0.15) is 0 Å². The van der Waals surface area contributed by atoms with Crippen molar-refractivity contribution in [3.8, 4) is 0 Å². The van der Waals surface area contributed by atoms with Crippen molar-refractivity contribution >= 4 is 29.0 Å². The molecule has 2 unspecified atom stereocenters. The zero-order valence-electron chi connectivity index (χ0n) is 13.9. The van der Waals surface area contributed by atoms with Crippen LogP contribution in [0.3, 0.4) is 0 Å². The number of alkyl carbamates (subject to hydrolysis) is 1. The van der Waals surface area contributed by atoms with E-state index in [2.05, 4.69) is 16.7 Å². The van der Waals surface area contributed by atoms with Crippen molar-refractivity contribution in [1.29, 1.82) is 0 Å². The summed E-state index contributed by atoms with van der Waals surface area (Å²) in [4.78, 5) is 13.3. The van der Waals surface area contributed by atoms with Gasteiger partial charge in [0.1, 0.15) is 5.60 Å². The number of hydrogen-bond donors (Lipinski definition) is 2. The Labute approximate surface area is 146 Å². The summed E-state index contributed by atoms with van der Waals surface area (Å²) in [6.07, 6.45) is 4.35. The minimum Gasteiger partial charge on any atom is -0.444 e. The summed E-state index contributed by atoms with van der Waals surface area (Å²) in [5, 5.41) is 6.66. The third-order valence-corrected chi connectivity index (χ3v) is 5.66. The Balaban J connectivity index is 1.55. The first-order chi connectivity index (χ1) is 10.8. The molecule has 0 saturated heterocycles. The number of ether oxygens (including phenoxy) is 1. The molecule has 2 aliphatic rings. The fourth-order valence-electron chi connectivity index (χ4n) is 3.13. The molecule has 4 nitrogen and oxygen atoms in total. The highest BCUT2D eigenvalue weighted by Crippen LogP contribution is 2.41. The normalized spacial score (nSPS) is 21.8. The minimum atomic E-state index is -0.458. The average Bonchev–Trinajstić information content (AvgIpc) is 3.11. The van der Waals surface area contributed by atoms with Gasteiger partial charge in [-0.25, -0.2) is 4.79 Å². The maximum Gasteiger partial charge on any atom is 0.407 e. The molecular weight excluding hydrogens is 332 g/mol. The van der Waals surface area contributed by atoms with Gasteiger partial charge >= 0.3 is 6.09 Å². The van der Waals surface area contributed by atoms with Crippen LogP contribution in [-0.4, -0.2) is 24.3 Å². The lowest BCUT2D eigenvalue weighted by atomic mass is 10.1. The summed E-state index contributed by atoms with van der Waals surface area (Å²) in [7, 11) is 0. The molecule has 1 aromatic rings. The second-order valence-corrected chi connectivity index (χ2v) is 9.28. The van der Waals surface area contributed by atoms with Crippen molar-refractivity contribution in [2.45, 2.75) is 64.1 Å². The first kappa shape index (κ1) is 17.1. The molecule has 23 heavy (non-hydrogen) atoms. The van der Waals surface area contributed by atoms with E-state index >= 15 is 0 Å². The van der Waals surface area contributed by atoms with E-state index in [4.69, 9.17) is 16.3 Å². The minimum absolute atomic E-state index is 0.303. The van der Waals surface area contributed by atoms with Crippen LogP contribution in [0.5, 0.6) is 0 Å².